The lowest BCUT2D eigenvalue weighted by Crippen LogP contribution is -2.62. The Morgan fingerprint density at radius 3 is 2.47 bits per heavy atom. The highest BCUT2D eigenvalue weighted by Crippen LogP contribution is 2.55. The normalized spacial score (nSPS) is 33.3. The number of nitrogens with one attached hydrogen (secondary N) is 1. The van der Waals surface area contributed by atoms with Crippen LogP contribution in [-0.4, -0.2) is 46.8 Å². The lowest BCUT2D eigenvalue weighted by molar-refractivity contribution is -0.0161. The van der Waals surface area contributed by atoms with Crippen molar-refractivity contribution in [2.75, 3.05) is 20.2 Å². The van der Waals surface area contributed by atoms with Crippen molar-refractivity contribution in [2.24, 2.45) is 17.8 Å². The zero-order valence-electron chi connectivity index (χ0n) is 18.8. The number of urea groups is 1. The van der Waals surface area contributed by atoms with Gasteiger partial charge in [0.2, 0.25) is 11.7 Å². The summed E-state index contributed by atoms with van der Waals surface area (Å²) in [5.41, 5.74) is 0.943. The van der Waals surface area contributed by atoms with Gasteiger partial charge in [0, 0.05) is 24.2 Å². The average Bonchev–Trinajstić information content (AvgIpc) is 3.28. The maximum Gasteiger partial charge on any atom is 0.317 e. The molecule has 32 heavy (non-hydrogen) atoms. The van der Waals surface area contributed by atoms with Gasteiger partial charge in [-0.05, 0) is 93.4 Å². The number of carbonyl (C=O) groups excluding carboxylic acids is 1. The molecular formula is C25H32N4O3. The molecule has 0 spiro atoms. The molecule has 4 saturated carbocycles. The Balaban J connectivity index is 1.12. The van der Waals surface area contributed by atoms with Gasteiger partial charge in [-0.25, -0.2) is 4.79 Å². The fraction of sp³-hybridized carbons (Fsp3) is 0.640. The van der Waals surface area contributed by atoms with Gasteiger partial charge in [-0.1, -0.05) is 5.16 Å². The van der Waals surface area contributed by atoms with Crippen LogP contribution in [0.3, 0.4) is 0 Å². The smallest absolute Gasteiger partial charge is 0.317 e. The standard InChI is InChI=1S/C25H32N4O3/c1-31-21-6-4-19(5-7-21)22-26-23(32-28-22)20-3-2-8-29(15-20)24(30)27-25-12-16-9-17(13-25)11-18(10-16)14-25/h4-7,16-18,20H,2-3,8-15H2,1H3,(H,27,30). The van der Waals surface area contributed by atoms with E-state index in [9.17, 15) is 4.79 Å². The van der Waals surface area contributed by atoms with E-state index in [0.29, 0.717) is 18.3 Å². The summed E-state index contributed by atoms with van der Waals surface area (Å²) < 4.78 is 10.8. The van der Waals surface area contributed by atoms with Crippen LogP contribution in [0.4, 0.5) is 4.79 Å². The molecule has 2 aromatic rings. The van der Waals surface area contributed by atoms with E-state index in [-0.39, 0.29) is 17.5 Å². The van der Waals surface area contributed by atoms with E-state index in [4.69, 9.17) is 9.26 Å². The molecule has 1 atom stereocenters. The maximum atomic E-state index is 13.3. The summed E-state index contributed by atoms with van der Waals surface area (Å²) in [4.78, 5) is 19.9. The van der Waals surface area contributed by atoms with Crippen LogP contribution >= 0.6 is 0 Å². The minimum Gasteiger partial charge on any atom is -0.497 e. The Labute approximate surface area is 188 Å². The summed E-state index contributed by atoms with van der Waals surface area (Å²) in [6.45, 7) is 1.44. The van der Waals surface area contributed by atoms with Gasteiger partial charge in [-0.2, -0.15) is 4.98 Å². The van der Waals surface area contributed by atoms with Gasteiger partial charge in [0.25, 0.3) is 0 Å². The van der Waals surface area contributed by atoms with Crippen LogP contribution in [0.1, 0.15) is 63.2 Å². The Morgan fingerprint density at radius 2 is 1.81 bits per heavy atom. The molecule has 1 aromatic heterocycles. The average molecular weight is 437 g/mol. The van der Waals surface area contributed by atoms with E-state index in [1.54, 1.807) is 7.11 Å². The van der Waals surface area contributed by atoms with Crippen molar-refractivity contribution < 1.29 is 14.1 Å². The molecule has 1 unspecified atom stereocenters. The number of methoxy groups -OCH3 is 1. The molecule has 7 rings (SSSR count). The van der Waals surface area contributed by atoms with Gasteiger partial charge in [0.05, 0.1) is 13.0 Å². The van der Waals surface area contributed by atoms with E-state index < -0.39 is 0 Å². The van der Waals surface area contributed by atoms with Crippen LogP contribution in [0.15, 0.2) is 28.8 Å². The van der Waals surface area contributed by atoms with Crippen molar-refractivity contribution in [2.45, 2.75) is 62.8 Å². The topological polar surface area (TPSA) is 80.5 Å². The first kappa shape index (κ1) is 20.1. The first-order valence-corrected chi connectivity index (χ1v) is 12.1. The van der Waals surface area contributed by atoms with Crippen molar-refractivity contribution in [3.63, 3.8) is 0 Å². The third kappa shape index (κ3) is 3.65. The second kappa shape index (κ2) is 7.78. The van der Waals surface area contributed by atoms with Crippen molar-refractivity contribution in [1.29, 1.82) is 0 Å². The predicted molar refractivity (Wildman–Crippen MR) is 119 cm³/mol. The molecule has 1 aromatic carbocycles. The van der Waals surface area contributed by atoms with Crippen LogP contribution in [0.5, 0.6) is 5.75 Å². The summed E-state index contributed by atoms with van der Waals surface area (Å²) in [5.74, 6) is 4.57. The SMILES string of the molecule is COc1ccc(-c2noc(C3CCCN(C(=O)NC45CC6CC(CC(C6)C4)C5)C3)n2)cc1. The summed E-state index contributed by atoms with van der Waals surface area (Å²) in [6.07, 6.45) is 9.60. The number of rotatable bonds is 4. The highest BCUT2D eigenvalue weighted by Gasteiger charge is 2.52. The van der Waals surface area contributed by atoms with Crippen molar-refractivity contribution >= 4 is 6.03 Å². The third-order valence-electron chi connectivity index (χ3n) is 8.26. The first-order valence-electron chi connectivity index (χ1n) is 12.1. The van der Waals surface area contributed by atoms with Gasteiger partial charge in [-0.15, -0.1) is 0 Å². The molecule has 7 heteroatoms. The summed E-state index contributed by atoms with van der Waals surface area (Å²) in [7, 11) is 1.65. The molecule has 1 aliphatic heterocycles. The second-order valence-electron chi connectivity index (χ2n) is 10.6. The van der Waals surface area contributed by atoms with Crippen molar-refractivity contribution in [3.8, 4) is 17.1 Å². The lowest BCUT2D eigenvalue weighted by atomic mass is 9.53. The highest BCUT2D eigenvalue weighted by molar-refractivity contribution is 5.75. The quantitative estimate of drug-likeness (QED) is 0.757. The molecule has 170 valence electrons. The zero-order chi connectivity index (χ0) is 21.7. The van der Waals surface area contributed by atoms with Gasteiger partial charge in [-0.3, -0.25) is 0 Å². The largest absolute Gasteiger partial charge is 0.497 e. The van der Waals surface area contributed by atoms with Crippen LogP contribution in [-0.2, 0) is 0 Å². The van der Waals surface area contributed by atoms with E-state index in [1.807, 2.05) is 29.2 Å². The van der Waals surface area contributed by atoms with Gasteiger partial charge in [0.1, 0.15) is 5.75 Å². The molecule has 4 bridgehead atoms. The zero-order valence-corrected chi connectivity index (χ0v) is 18.8. The third-order valence-corrected chi connectivity index (χ3v) is 8.26. The molecule has 1 saturated heterocycles. The number of amides is 2. The van der Waals surface area contributed by atoms with Crippen LogP contribution in [0.25, 0.3) is 11.4 Å². The van der Waals surface area contributed by atoms with Gasteiger partial charge < -0.3 is 19.5 Å². The first-order chi connectivity index (χ1) is 15.6. The molecule has 7 nitrogen and oxygen atoms in total. The number of aromatic nitrogens is 2. The Hall–Kier alpha value is -2.57. The Morgan fingerprint density at radius 1 is 1.12 bits per heavy atom. The van der Waals surface area contributed by atoms with E-state index in [0.717, 1.165) is 48.5 Å². The minimum absolute atomic E-state index is 0.0464. The number of likely N-dealkylation sites (tertiary alicyclic amines) is 1. The van der Waals surface area contributed by atoms with Gasteiger partial charge >= 0.3 is 6.03 Å². The van der Waals surface area contributed by atoms with Crippen LogP contribution in [0, 0.1) is 17.8 Å². The number of carbonyl (C=O) groups is 1. The summed E-state index contributed by atoms with van der Waals surface area (Å²) in [5, 5.41) is 7.70. The number of nitrogens with zero attached hydrogens (tertiary/aromatic N) is 3. The molecule has 2 amide bonds. The molecular weight excluding hydrogens is 404 g/mol. The number of hydrogen-bond acceptors (Lipinski definition) is 5. The van der Waals surface area contributed by atoms with Crippen LogP contribution < -0.4 is 10.1 Å². The van der Waals surface area contributed by atoms with E-state index in [1.165, 1.54) is 38.5 Å². The monoisotopic (exact) mass is 436 g/mol. The fourth-order valence-corrected chi connectivity index (χ4v) is 7.19. The van der Waals surface area contributed by atoms with E-state index in [2.05, 4.69) is 15.5 Å². The number of benzene rings is 1. The molecule has 5 aliphatic rings. The number of piperidine rings is 1. The highest BCUT2D eigenvalue weighted by atomic mass is 16.5. The maximum absolute atomic E-state index is 13.3. The van der Waals surface area contributed by atoms with Crippen molar-refractivity contribution in [3.05, 3.63) is 30.2 Å². The van der Waals surface area contributed by atoms with Gasteiger partial charge in [0.15, 0.2) is 0 Å². The summed E-state index contributed by atoms with van der Waals surface area (Å²) in [6, 6.07) is 7.75. The lowest BCUT2D eigenvalue weighted by Gasteiger charge is -2.57. The number of hydrogen-bond donors (Lipinski definition) is 1. The molecule has 1 N–H and O–H groups in total. The summed E-state index contributed by atoms with van der Waals surface area (Å²) >= 11 is 0. The second-order valence-corrected chi connectivity index (χ2v) is 10.6. The minimum atomic E-state index is 0.0464. The van der Waals surface area contributed by atoms with Crippen LogP contribution in [0.2, 0.25) is 0 Å². The Kier molecular flexibility index (Phi) is 4.88. The molecule has 2 heterocycles. The predicted octanol–water partition coefficient (Wildman–Crippen LogP) is 4.60. The molecule has 5 fully saturated rings. The van der Waals surface area contributed by atoms with E-state index >= 15 is 0 Å². The molecule has 0 radical (unpaired) electrons. The van der Waals surface area contributed by atoms with Crippen molar-refractivity contribution in [1.82, 2.24) is 20.4 Å². The molecule has 4 aliphatic carbocycles. The fourth-order valence-electron chi connectivity index (χ4n) is 7.19. The Bertz CT molecular complexity index is 950. The number of ether oxygens (including phenoxy) is 1.